The molecule has 2 aliphatic rings. The van der Waals surface area contributed by atoms with Crippen LogP contribution in [0, 0.1) is 17.6 Å². The summed E-state index contributed by atoms with van der Waals surface area (Å²) in [5.74, 6) is 1.04. The molecule has 0 aliphatic carbocycles. The molecular formula is C27H33F2N7O. The van der Waals surface area contributed by atoms with Crippen molar-refractivity contribution in [1.29, 1.82) is 0 Å². The smallest absolute Gasteiger partial charge is 0.225 e. The van der Waals surface area contributed by atoms with Crippen molar-refractivity contribution in [2.75, 3.05) is 36.0 Å². The summed E-state index contributed by atoms with van der Waals surface area (Å²) in [5.41, 5.74) is 7.71. The molecule has 5 rings (SSSR count). The summed E-state index contributed by atoms with van der Waals surface area (Å²) >= 11 is 0. The first-order valence-corrected chi connectivity index (χ1v) is 12.9. The number of anilines is 2. The molecule has 1 aromatic carbocycles. The summed E-state index contributed by atoms with van der Waals surface area (Å²) in [6, 6.07) is 3.13. The highest BCUT2D eigenvalue weighted by Crippen LogP contribution is 2.31. The van der Waals surface area contributed by atoms with Crippen LogP contribution in [-0.4, -0.2) is 58.3 Å². The van der Waals surface area contributed by atoms with E-state index in [1.807, 2.05) is 17.3 Å². The van der Waals surface area contributed by atoms with Gasteiger partial charge in [0.2, 0.25) is 11.9 Å². The standard InChI is InChI=1S/C27H33F2N7O/c1-3-18-11-31-26(32-12-18)35-8-6-19(7-9-35)17(2)37-21-13-33-27(34-14-21)36-15-23(25(30)16-36)22-10-20(28)4-5-24(22)29/h4-5,10-14,17,19,23,25H,3,6-9,15-16,30H2,1-2H3/t17-,23+,25-/m0/s1. The second-order valence-electron chi connectivity index (χ2n) is 9.95. The zero-order chi connectivity index (χ0) is 25.9. The summed E-state index contributed by atoms with van der Waals surface area (Å²) < 4.78 is 34.2. The Morgan fingerprint density at radius 1 is 0.973 bits per heavy atom. The molecular weight excluding hydrogens is 476 g/mol. The molecule has 0 bridgehead atoms. The normalized spacial score (nSPS) is 21.3. The van der Waals surface area contributed by atoms with Gasteiger partial charge in [-0.3, -0.25) is 0 Å². The Morgan fingerprint density at radius 2 is 1.62 bits per heavy atom. The molecule has 0 spiro atoms. The van der Waals surface area contributed by atoms with Gasteiger partial charge in [0.1, 0.15) is 11.6 Å². The maximum atomic E-state index is 14.3. The van der Waals surface area contributed by atoms with E-state index in [1.165, 1.54) is 6.07 Å². The van der Waals surface area contributed by atoms with E-state index in [4.69, 9.17) is 10.5 Å². The Kier molecular flexibility index (Phi) is 7.45. The Morgan fingerprint density at radius 3 is 2.30 bits per heavy atom. The van der Waals surface area contributed by atoms with Gasteiger partial charge in [-0.15, -0.1) is 0 Å². The monoisotopic (exact) mass is 509 g/mol. The first kappa shape index (κ1) is 25.3. The molecule has 2 saturated heterocycles. The molecule has 2 aliphatic heterocycles. The van der Waals surface area contributed by atoms with Crippen molar-refractivity contribution in [3.63, 3.8) is 0 Å². The minimum Gasteiger partial charge on any atom is -0.487 e. The van der Waals surface area contributed by atoms with Crippen molar-refractivity contribution in [3.8, 4) is 5.75 Å². The minimum atomic E-state index is -0.474. The van der Waals surface area contributed by atoms with Crippen molar-refractivity contribution in [3.05, 3.63) is 65.7 Å². The van der Waals surface area contributed by atoms with Gasteiger partial charge >= 0.3 is 0 Å². The number of nitrogens with two attached hydrogens (primary N) is 1. The lowest BCUT2D eigenvalue weighted by Gasteiger charge is -2.34. The molecule has 0 amide bonds. The van der Waals surface area contributed by atoms with Crippen molar-refractivity contribution in [2.45, 2.75) is 51.2 Å². The average Bonchev–Trinajstić information content (AvgIpc) is 3.31. The van der Waals surface area contributed by atoms with Crippen LogP contribution in [0.15, 0.2) is 43.0 Å². The van der Waals surface area contributed by atoms with Crippen LogP contribution in [0.2, 0.25) is 0 Å². The van der Waals surface area contributed by atoms with Gasteiger partial charge in [0, 0.05) is 50.5 Å². The third-order valence-electron chi connectivity index (χ3n) is 7.53. The first-order valence-electron chi connectivity index (χ1n) is 12.9. The molecule has 3 aromatic rings. The van der Waals surface area contributed by atoms with Crippen LogP contribution in [0.3, 0.4) is 0 Å². The lowest BCUT2D eigenvalue weighted by Crippen LogP contribution is -2.39. The molecule has 3 atom stereocenters. The molecule has 196 valence electrons. The zero-order valence-corrected chi connectivity index (χ0v) is 21.2. The lowest BCUT2D eigenvalue weighted by molar-refractivity contribution is 0.132. The highest BCUT2D eigenvalue weighted by atomic mass is 19.1. The van der Waals surface area contributed by atoms with E-state index in [-0.39, 0.29) is 18.1 Å². The van der Waals surface area contributed by atoms with Crippen LogP contribution in [-0.2, 0) is 6.42 Å². The van der Waals surface area contributed by atoms with E-state index < -0.39 is 11.6 Å². The lowest BCUT2D eigenvalue weighted by atomic mass is 9.92. The number of rotatable bonds is 7. The minimum absolute atomic E-state index is 0.0144. The van der Waals surface area contributed by atoms with Gasteiger partial charge in [-0.2, -0.15) is 0 Å². The molecule has 0 unspecified atom stereocenters. The number of aryl methyl sites for hydroxylation is 1. The average molecular weight is 510 g/mol. The topological polar surface area (TPSA) is 93.3 Å². The fourth-order valence-electron chi connectivity index (χ4n) is 5.23. The van der Waals surface area contributed by atoms with Crippen molar-refractivity contribution >= 4 is 11.9 Å². The molecule has 4 heterocycles. The van der Waals surface area contributed by atoms with Gasteiger partial charge in [0.25, 0.3) is 0 Å². The van der Waals surface area contributed by atoms with Gasteiger partial charge in [0.15, 0.2) is 5.75 Å². The van der Waals surface area contributed by atoms with Crippen LogP contribution in [0.4, 0.5) is 20.7 Å². The largest absolute Gasteiger partial charge is 0.487 e. The molecule has 37 heavy (non-hydrogen) atoms. The van der Waals surface area contributed by atoms with E-state index in [9.17, 15) is 8.78 Å². The molecule has 8 nitrogen and oxygen atoms in total. The molecule has 2 aromatic heterocycles. The number of ether oxygens (including phenoxy) is 1. The van der Waals surface area contributed by atoms with Crippen LogP contribution in [0.1, 0.15) is 43.7 Å². The number of hydrogen-bond donors (Lipinski definition) is 1. The highest BCUT2D eigenvalue weighted by Gasteiger charge is 2.34. The van der Waals surface area contributed by atoms with Crippen molar-refractivity contribution in [1.82, 2.24) is 19.9 Å². The zero-order valence-electron chi connectivity index (χ0n) is 21.2. The Balaban J connectivity index is 1.15. The molecule has 2 N–H and O–H groups in total. The second kappa shape index (κ2) is 10.9. The van der Waals surface area contributed by atoms with Gasteiger partial charge in [0.05, 0.1) is 18.5 Å². The SMILES string of the molecule is CCc1cnc(N2CCC([C@H](C)Oc3cnc(N4C[C@H](c5cc(F)ccc5F)[C@@H](N)C4)nc3)CC2)nc1. The fraction of sp³-hybridized carbons (Fsp3) is 0.481. The summed E-state index contributed by atoms with van der Waals surface area (Å²) in [6.07, 6.45) is 10.1. The van der Waals surface area contributed by atoms with E-state index in [1.54, 1.807) is 12.4 Å². The van der Waals surface area contributed by atoms with E-state index in [0.29, 0.717) is 36.3 Å². The summed E-state index contributed by atoms with van der Waals surface area (Å²) in [4.78, 5) is 22.1. The van der Waals surface area contributed by atoms with Crippen LogP contribution < -0.4 is 20.3 Å². The Bertz CT molecular complexity index is 1190. The van der Waals surface area contributed by atoms with Gasteiger partial charge in [-0.25, -0.2) is 28.7 Å². The van der Waals surface area contributed by atoms with Gasteiger partial charge in [-0.05, 0) is 61.4 Å². The van der Waals surface area contributed by atoms with Crippen LogP contribution in [0.5, 0.6) is 5.75 Å². The van der Waals surface area contributed by atoms with Crippen LogP contribution in [0.25, 0.3) is 0 Å². The Labute approximate surface area is 215 Å². The molecule has 0 saturated carbocycles. The summed E-state index contributed by atoms with van der Waals surface area (Å²) in [5, 5.41) is 0. The number of benzene rings is 1. The van der Waals surface area contributed by atoms with E-state index >= 15 is 0 Å². The number of halogens is 2. The van der Waals surface area contributed by atoms with Crippen LogP contribution >= 0.6 is 0 Å². The summed E-state index contributed by atoms with van der Waals surface area (Å²) in [7, 11) is 0. The van der Waals surface area contributed by atoms with E-state index in [2.05, 4.69) is 38.7 Å². The molecule has 10 heteroatoms. The van der Waals surface area contributed by atoms with Crippen molar-refractivity contribution in [2.24, 2.45) is 11.7 Å². The van der Waals surface area contributed by atoms with Gasteiger partial charge in [-0.1, -0.05) is 6.92 Å². The molecule has 2 fully saturated rings. The maximum Gasteiger partial charge on any atom is 0.225 e. The number of aromatic nitrogens is 4. The predicted octanol–water partition coefficient (Wildman–Crippen LogP) is 3.72. The maximum absolute atomic E-state index is 14.3. The number of nitrogens with zero attached hydrogens (tertiary/aromatic N) is 6. The van der Waals surface area contributed by atoms with Gasteiger partial charge < -0.3 is 20.3 Å². The number of hydrogen-bond acceptors (Lipinski definition) is 8. The van der Waals surface area contributed by atoms with Crippen molar-refractivity contribution < 1.29 is 13.5 Å². The highest BCUT2D eigenvalue weighted by molar-refractivity contribution is 5.39. The predicted molar refractivity (Wildman–Crippen MR) is 138 cm³/mol. The quantitative estimate of drug-likeness (QED) is 0.515. The number of piperidine rings is 1. The summed E-state index contributed by atoms with van der Waals surface area (Å²) in [6.45, 7) is 6.84. The fourth-order valence-corrected chi connectivity index (χ4v) is 5.23. The Hall–Kier alpha value is -3.40. The first-order chi connectivity index (χ1) is 17.9. The second-order valence-corrected chi connectivity index (χ2v) is 9.95. The third-order valence-corrected chi connectivity index (χ3v) is 7.53. The van der Waals surface area contributed by atoms with E-state index in [0.717, 1.165) is 56.0 Å². The molecule has 0 radical (unpaired) electrons. The third kappa shape index (κ3) is 5.64.